The van der Waals surface area contributed by atoms with Gasteiger partial charge in [-0.1, -0.05) is 24.3 Å². The summed E-state index contributed by atoms with van der Waals surface area (Å²) >= 11 is 0. The number of H-pyrrole nitrogens is 1. The van der Waals surface area contributed by atoms with Crippen LogP contribution in [0.25, 0.3) is 22.5 Å². The van der Waals surface area contributed by atoms with Crippen molar-refractivity contribution in [2.75, 3.05) is 25.7 Å². The second kappa shape index (κ2) is 19.0. The molecule has 17 nitrogen and oxygen atoms in total. The Balaban J connectivity index is 0.000000940. The van der Waals surface area contributed by atoms with E-state index in [2.05, 4.69) is 35.9 Å². The Kier molecular flexibility index (Phi) is 14.5. The lowest BCUT2D eigenvalue weighted by molar-refractivity contribution is -0.192. The van der Waals surface area contributed by atoms with Gasteiger partial charge in [-0.3, -0.25) is 14.5 Å². The number of alkyl carbamates (subject to hydrolysis) is 1. The molecule has 0 saturated heterocycles. The molecule has 2 aromatic heterocycles. The predicted molar refractivity (Wildman–Crippen MR) is 198 cm³/mol. The van der Waals surface area contributed by atoms with E-state index in [1.54, 1.807) is 30.5 Å². The Morgan fingerprint density at radius 2 is 1.58 bits per heavy atom. The molecule has 0 aliphatic heterocycles. The molecule has 0 bridgehead atoms. The number of carboxylic acids is 1. The van der Waals surface area contributed by atoms with Crippen LogP contribution in [0.15, 0.2) is 54.7 Å². The van der Waals surface area contributed by atoms with Crippen LogP contribution >= 0.6 is 0 Å². The van der Waals surface area contributed by atoms with Crippen molar-refractivity contribution < 1.29 is 51.7 Å². The van der Waals surface area contributed by atoms with Crippen LogP contribution in [0.4, 0.5) is 23.7 Å². The molecule has 1 fully saturated rings. The number of amides is 3. The van der Waals surface area contributed by atoms with E-state index in [1.165, 1.54) is 19.1 Å². The second-order valence-corrected chi connectivity index (χ2v) is 14.0. The highest BCUT2D eigenvalue weighted by Crippen LogP contribution is 2.34. The number of aromatic amines is 1. The maximum atomic E-state index is 14.4. The summed E-state index contributed by atoms with van der Waals surface area (Å²) in [5.41, 5.74) is 8.95. The highest BCUT2D eigenvalue weighted by atomic mass is 19.4. The fourth-order valence-electron chi connectivity index (χ4n) is 6.03. The van der Waals surface area contributed by atoms with Gasteiger partial charge < -0.3 is 30.4 Å². The number of nitrogens with zero attached hydrogens (tertiary/aromatic N) is 6. The van der Waals surface area contributed by atoms with E-state index < -0.39 is 35.8 Å². The zero-order valence-electron chi connectivity index (χ0n) is 31.9. The minimum absolute atomic E-state index is 0.180. The van der Waals surface area contributed by atoms with Crippen molar-refractivity contribution in [2.24, 2.45) is 17.6 Å². The molecular weight excluding hydrogens is 755 g/mol. The summed E-state index contributed by atoms with van der Waals surface area (Å²) in [6.45, 7) is 5.92. The lowest BCUT2D eigenvalue weighted by atomic mass is 9.81. The Labute approximate surface area is 325 Å². The number of rotatable bonds is 12. The molecule has 1 aliphatic rings. The number of aromatic nitrogens is 6. The summed E-state index contributed by atoms with van der Waals surface area (Å²) in [5, 5.41) is 24.1. The molecule has 2 aromatic carbocycles. The summed E-state index contributed by atoms with van der Waals surface area (Å²) in [6, 6.07) is 13.8. The number of ether oxygens (including phenoxy) is 3. The maximum absolute atomic E-state index is 14.4. The van der Waals surface area contributed by atoms with Crippen LogP contribution in [0.5, 0.6) is 11.9 Å². The lowest BCUT2D eigenvalue weighted by Crippen LogP contribution is -2.52. The maximum Gasteiger partial charge on any atom is 0.490 e. The first kappa shape index (κ1) is 43.4. The number of anilines is 1. The number of nitrogens with one attached hydrogen (secondary N) is 2. The van der Waals surface area contributed by atoms with Crippen LogP contribution in [0, 0.1) is 11.8 Å². The third-order valence-electron chi connectivity index (χ3n) is 8.80. The van der Waals surface area contributed by atoms with Gasteiger partial charge in [-0.2, -0.15) is 23.4 Å². The number of hydrogen-bond donors (Lipinski definition) is 4. The first-order valence-corrected chi connectivity index (χ1v) is 17.7. The van der Waals surface area contributed by atoms with Crippen molar-refractivity contribution in [2.45, 2.75) is 70.7 Å². The summed E-state index contributed by atoms with van der Waals surface area (Å²) in [5.74, 6) is -2.95. The molecule has 306 valence electrons. The number of primary amides is 1. The third kappa shape index (κ3) is 12.3. The smallest absolute Gasteiger partial charge is 0.480 e. The number of aliphatic carboxylic acids is 1. The number of carbonyl (C=O) groups excluding carboxylic acids is 3. The molecule has 20 heteroatoms. The molecule has 2 heterocycles. The van der Waals surface area contributed by atoms with Gasteiger partial charge in [0.1, 0.15) is 11.6 Å². The van der Waals surface area contributed by atoms with E-state index in [4.69, 9.17) is 29.8 Å². The highest BCUT2D eigenvalue weighted by molar-refractivity contribution is 6.01. The summed E-state index contributed by atoms with van der Waals surface area (Å²) in [6.07, 6.45) is -1.08. The van der Waals surface area contributed by atoms with Crippen molar-refractivity contribution in [3.63, 3.8) is 0 Å². The molecule has 1 saturated carbocycles. The van der Waals surface area contributed by atoms with Gasteiger partial charge in [-0.15, -0.1) is 10.2 Å². The van der Waals surface area contributed by atoms with Crippen LogP contribution in [-0.2, 0) is 25.5 Å². The average Bonchev–Trinajstić information content (AvgIpc) is 3.72. The van der Waals surface area contributed by atoms with Gasteiger partial charge in [-0.05, 0) is 93.0 Å². The minimum atomic E-state index is -5.08. The second-order valence-electron chi connectivity index (χ2n) is 14.0. The molecule has 0 unspecified atom stereocenters. The molecule has 0 spiro atoms. The van der Waals surface area contributed by atoms with Gasteiger partial charge >= 0.3 is 24.2 Å². The van der Waals surface area contributed by atoms with Crippen LogP contribution < -0.4 is 25.4 Å². The summed E-state index contributed by atoms with van der Waals surface area (Å²) in [4.78, 5) is 58.6. The molecular formula is C37H44F3N9O8. The van der Waals surface area contributed by atoms with Crippen LogP contribution in [0.3, 0.4) is 0 Å². The molecule has 57 heavy (non-hydrogen) atoms. The van der Waals surface area contributed by atoms with Crippen LogP contribution in [0.1, 0.15) is 52.0 Å². The zero-order chi connectivity index (χ0) is 41.9. The molecule has 4 aromatic rings. The van der Waals surface area contributed by atoms with Crippen molar-refractivity contribution >= 4 is 29.6 Å². The molecule has 0 radical (unpaired) electrons. The topological polar surface area (TPSA) is 238 Å². The predicted octanol–water partition coefficient (Wildman–Crippen LogP) is 4.73. The van der Waals surface area contributed by atoms with Crippen molar-refractivity contribution in [1.29, 1.82) is 0 Å². The number of hydrogen-bond acceptors (Lipinski definition) is 12. The fraction of sp³-hybridized carbons (Fsp3) is 0.432. The Morgan fingerprint density at radius 3 is 2.09 bits per heavy atom. The Bertz CT molecular complexity index is 1970. The Morgan fingerprint density at radius 1 is 0.965 bits per heavy atom. The fourth-order valence-corrected chi connectivity index (χ4v) is 6.03. The van der Waals surface area contributed by atoms with Gasteiger partial charge in [0, 0.05) is 36.3 Å². The molecule has 1 aliphatic carbocycles. The quantitative estimate of drug-likeness (QED) is 0.152. The van der Waals surface area contributed by atoms with Crippen molar-refractivity contribution in [1.82, 2.24) is 35.9 Å². The first-order valence-electron chi connectivity index (χ1n) is 17.7. The van der Waals surface area contributed by atoms with E-state index in [0.717, 1.165) is 24.0 Å². The number of carboxylic acid groups (broad SMARTS) is 1. The van der Waals surface area contributed by atoms with Crippen molar-refractivity contribution in [3.8, 4) is 34.4 Å². The average molecular weight is 800 g/mol. The van der Waals surface area contributed by atoms with Gasteiger partial charge in [0.15, 0.2) is 0 Å². The SMILES string of the molecule is COc1ncc(-c2ccc(C[C@@H](C(N)=O)N(C(=O)C3CCC(CNC(=O)OC(C)(C)C)CC3)c3ccc(-c4nn[nH]n4)cc3)cc2)c(OC)n1.O=C(O)C(F)(F)F. The van der Waals surface area contributed by atoms with Crippen molar-refractivity contribution in [3.05, 3.63) is 60.3 Å². The zero-order valence-corrected chi connectivity index (χ0v) is 31.9. The molecule has 5 rings (SSSR count). The number of nitrogens with two attached hydrogens (primary N) is 1. The first-order chi connectivity index (χ1) is 26.9. The van der Waals surface area contributed by atoms with Crippen LogP contribution in [-0.4, -0.2) is 98.2 Å². The minimum Gasteiger partial charge on any atom is -0.480 e. The third-order valence-corrected chi connectivity index (χ3v) is 8.80. The summed E-state index contributed by atoms with van der Waals surface area (Å²) in [7, 11) is 3.00. The van der Waals surface area contributed by atoms with E-state index in [9.17, 15) is 27.6 Å². The number of carbonyl (C=O) groups is 4. The number of tetrazole rings is 1. The van der Waals surface area contributed by atoms with Gasteiger partial charge in [0.05, 0.1) is 19.8 Å². The van der Waals surface area contributed by atoms with Gasteiger partial charge in [0.2, 0.25) is 23.5 Å². The van der Waals surface area contributed by atoms with E-state index in [-0.39, 0.29) is 30.2 Å². The standard InChI is InChI=1S/C35H43N9O6.C2HF3O2/c1-35(2,3)50-34(47)38-19-22-8-12-25(13-9-22)32(46)44(26-16-14-24(15-17-26)30-40-42-43-41-30)28(29(36)45)18-21-6-10-23(11-7-21)27-20-37-33(49-5)39-31(27)48-4;3-2(4,5)1(6)7/h6-7,10-11,14-17,20,22,25,28H,8-9,12-13,18-19H2,1-5H3,(H2,36,45)(H,38,47)(H,40,41,42,43);(H,6,7)/t22?,25?,28-;/m0./s1. The largest absolute Gasteiger partial charge is 0.490 e. The monoisotopic (exact) mass is 799 g/mol. The number of alkyl halides is 3. The number of methoxy groups -OCH3 is 2. The molecule has 1 atom stereocenters. The normalized spacial score (nSPS) is 15.9. The Hall–Kier alpha value is -6.34. The highest BCUT2D eigenvalue weighted by Gasteiger charge is 2.38. The van der Waals surface area contributed by atoms with Gasteiger partial charge in [-0.25, -0.2) is 14.6 Å². The number of halogens is 3. The molecule has 3 amide bonds. The van der Waals surface area contributed by atoms with E-state index in [0.29, 0.717) is 47.9 Å². The number of benzene rings is 2. The lowest BCUT2D eigenvalue weighted by Gasteiger charge is -2.36. The van der Waals surface area contributed by atoms with Crippen LogP contribution in [0.2, 0.25) is 0 Å². The van der Waals surface area contributed by atoms with Gasteiger partial charge in [0.25, 0.3) is 0 Å². The molecule has 5 N–H and O–H groups in total. The van der Waals surface area contributed by atoms with E-state index >= 15 is 0 Å². The van der Waals surface area contributed by atoms with E-state index in [1.807, 2.05) is 45.0 Å². The summed E-state index contributed by atoms with van der Waals surface area (Å²) < 4.78 is 47.6.